The minimum atomic E-state index is -0.0625. The predicted molar refractivity (Wildman–Crippen MR) is 137 cm³/mol. The first-order valence-electron chi connectivity index (χ1n) is 14.3. The van der Waals surface area contributed by atoms with Crippen LogP contribution in [0.15, 0.2) is 10.7 Å². The maximum absolute atomic E-state index is 14.4. The number of rotatable bonds is 1. The first kappa shape index (κ1) is 24.2. The summed E-state index contributed by atoms with van der Waals surface area (Å²) in [5.74, 6) is 2.86. The number of nitrogens with zero attached hydrogens (tertiary/aromatic N) is 1. The number of aliphatic hydroxyl groups is 1. The van der Waals surface area contributed by atoms with Crippen LogP contribution in [-0.2, 0) is 16.6 Å². The van der Waals surface area contributed by atoms with Crippen LogP contribution in [0.5, 0.6) is 0 Å². The van der Waals surface area contributed by atoms with Crippen molar-refractivity contribution in [2.75, 3.05) is 6.61 Å². The summed E-state index contributed by atoms with van der Waals surface area (Å²) in [6, 6.07) is 0. The van der Waals surface area contributed by atoms with E-state index >= 15 is 0 Å². The van der Waals surface area contributed by atoms with Gasteiger partial charge in [0.2, 0.25) is 0 Å². The fourth-order valence-corrected chi connectivity index (χ4v) is 11.4. The van der Waals surface area contributed by atoms with Gasteiger partial charge in [-0.2, -0.15) is 0 Å². The Morgan fingerprint density at radius 1 is 0.971 bits per heavy atom. The van der Waals surface area contributed by atoms with Gasteiger partial charge < -0.3 is 9.63 Å². The number of hydrogen-bond acceptors (Lipinski definition) is 4. The van der Waals surface area contributed by atoms with Crippen molar-refractivity contribution < 1.29 is 14.4 Å². The number of carbonyl (C=O) groups excluding carboxylic acids is 1. The van der Waals surface area contributed by atoms with E-state index in [9.17, 15) is 9.90 Å². The van der Waals surface area contributed by atoms with E-state index in [0.29, 0.717) is 30.0 Å². The van der Waals surface area contributed by atoms with Gasteiger partial charge in [0, 0.05) is 29.9 Å². The molecule has 4 fully saturated rings. The lowest BCUT2D eigenvalue weighted by molar-refractivity contribution is -0.232. The maximum atomic E-state index is 14.4. The van der Waals surface area contributed by atoms with E-state index in [4.69, 9.17) is 4.52 Å². The summed E-state index contributed by atoms with van der Waals surface area (Å²) in [4.78, 5) is 14.4. The number of fused-ring (bicyclic) bond motifs is 8. The molecule has 4 nitrogen and oxygen atoms in total. The van der Waals surface area contributed by atoms with E-state index in [-0.39, 0.29) is 45.0 Å². The lowest BCUT2D eigenvalue weighted by Gasteiger charge is -2.72. The molecule has 194 valence electrons. The maximum Gasteiger partial charge on any atom is 0.145 e. The molecule has 5 aliphatic carbocycles. The Hall–Kier alpha value is -1.16. The largest absolute Gasteiger partial charge is 0.396 e. The van der Waals surface area contributed by atoms with Crippen molar-refractivity contribution in [1.82, 2.24) is 5.16 Å². The Morgan fingerprint density at radius 3 is 2.40 bits per heavy atom. The highest BCUT2D eigenvalue weighted by atomic mass is 16.5. The number of ketones is 1. The van der Waals surface area contributed by atoms with E-state index in [1.807, 2.05) is 6.20 Å². The Kier molecular flexibility index (Phi) is 4.86. The van der Waals surface area contributed by atoms with Gasteiger partial charge in [0.05, 0.1) is 6.20 Å². The monoisotopic (exact) mass is 481 g/mol. The van der Waals surface area contributed by atoms with Crippen LogP contribution >= 0.6 is 0 Å². The fourth-order valence-electron chi connectivity index (χ4n) is 11.4. The molecule has 0 bridgehead atoms. The summed E-state index contributed by atoms with van der Waals surface area (Å²) in [6.45, 7) is 17.3. The molecule has 2 unspecified atom stereocenters. The van der Waals surface area contributed by atoms with E-state index < -0.39 is 0 Å². The molecule has 0 aromatic carbocycles. The number of Topliss-reactive ketones (excluding diaryl/α,β-unsaturated/α-hetero) is 1. The molecule has 0 amide bonds. The van der Waals surface area contributed by atoms with Crippen LogP contribution in [0.1, 0.15) is 111 Å². The summed E-state index contributed by atoms with van der Waals surface area (Å²) >= 11 is 0. The predicted octanol–water partition coefficient (Wildman–Crippen LogP) is 6.74. The molecule has 0 spiro atoms. The normalized spacial score (nSPS) is 49.8. The van der Waals surface area contributed by atoms with Crippen LogP contribution in [0.4, 0.5) is 0 Å². The van der Waals surface area contributed by atoms with Crippen molar-refractivity contribution in [1.29, 1.82) is 0 Å². The van der Waals surface area contributed by atoms with Crippen LogP contribution in [0.2, 0.25) is 0 Å². The topological polar surface area (TPSA) is 63.3 Å². The van der Waals surface area contributed by atoms with Gasteiger partial charge in [0.1, 0.15) is 11.5 Å². The number of hydrogen-bond donors (Lipinski definition) is 1. The van der Waals surface area contributed by atoms with Gasteiger partial charge in [0.25, 0.3) is 0 Å². The van der Waals surface area contributed by atoms with Crippen LogP contribution in [0.25, 0.3) is 0 Å². The van der Waals surface area contributed by atoms with Crippen LogP contribution in [0, 0.1) is 50.7 Å². The third kappa shape index (κ3) is 2.84. The lowest BCUT2D eigenvalue weighted by Crippen LogP contribution is -2.69. The second-order valence-electron chi connectivity index (χ2n) is 15.7. The first-order valence-corrected chi connectivity index (χ1v) is 14.3. The van der Waals surface area contributed by atoms with Crippen molar-refractivity contribution >= 4 is 5.78 Å². The molecular weight excluding hydrogens is 434 g/mol. The standard InChI is InChI=1S/C31H47NO3/c1-26(2)10-12-31(18-33)13-11-30(7)24(20(31)16-26)21(34)14-23-28(5)15-19-17-32-35-25(19)27(3,4)22(28)8-9-29(23,30)6/h17,20,22-24,33H,8-16,18H2,1-7H3/t20-,22-,23+,24-,28-,29?,30+,31?/m0/s1. The quantitative estimate of drug-likeness (QED) is 0.482. The molecule has 0 aliphatic heterocycles. The average molecular weight is 482 g/mol. The van der Waals surface area contributed by atoms with Gasteiger partial charge in [-0.3, -0.25) is 4.79 Å². The number of aromatic nitrogens is 1. The summed E-state index contributed by atoms with van der Waals surface area (Å²) in [5.41, 5.74) is 1.59. The number of carbonyl (C=O) groups is 1. The molecule has 1 N–H and O–H groups in total. The molecule has 6 rings (SSSR count). The third-order valence-corrected chi connectivity index (χ3v) is 13.4. The van der Waals surface area contributed by atoms with Crippen molar-refractivity contribution in [2.24, 2.45) is 50.7 Å². The SMILES string of the molecule is CC1(C)CCC2(CO)CC[C@]3(C)[C@H](C(=O)C[C@H]4C3(C)CC[C@H]3C(C)(C)c5oncc5C[C@@]34C)[C@@H]2C1. The summed E-state index contributed by atoms with van der Waals surface area (Å²) < 4.78 is 5.81. The van der Waals surface area contributed by atoms with Crippen molar-refractivity contribution in [3.05, 3.63) is 17.5 Å². The van der Waals surface area contributed by atoms with Crippen LogP contribution < -0.4 is 0 Å². The highest BCUT2D eigenvalue weighted by molar-refractivity contribution is 5.84. The molecule has 8 atom stereocenters. The zero-order chi connectivity index (χ0) is 25.2. The Labute approximate surface area is 212 Å². The Morgan fingerprint density at radius 2 is 1.69 bits per heavy atom. The summed E-state index contributed by atoms with van der Waals surface area (Å²) in [7, 11) is 0. The zero-order valence-corrected chi connectivity index (χ0v) is 23.2. The fraction of sp³-hybridized carbons (Fsp3) is 0.871. The van der Waals surface area contributed by atoms with Gasteiger partial charge in [-0.05, 0) is 96.2 Å². The molecule has 0 radical (unpaired) electrons. The average Bonchev–Trinajstić information content (AvgIpc) is 3.24. The molecule has 4 heteroatoms. The van der Waals surface area contributed by atoms with Crippen molar-refractivity contribution in [2.45, 2.75) is 112 Å². The van der Waals surface area contributed by atoms with Gasteiger partial charge in [0.15, 0.2) is 0 Å². The molecule has 5 aliphatic rings. The smallest absolute Gasteiger partial charge is 0.145 e. The van der Waals surface area contributed by atoms with E-state index in [1.165, 1.54) is 18.4 Å². The minimum absolute atomic E-state index is 0.00317. The second kappa shape index (κ2) is 7.03. The minimum Gasteiger partial charge on any atom is -0.396 e. The van der Waals surface area contributed by atoms with Crippen LogP contribution in [0.3, 0.4) is 0 Å². The molecule has 4 saturated carbocycles. The third-order valence-electron chi connectivity index (χ3n) is 13.4. The lowest BCUT2D eigenvalue weighted by atomic mass is 9.31. The van der Waals surface area contributed by atoms with Gasteiger partial charge in [-0.25, -0.2) is 0 Å². The van der Waals surface area contributed by atoms with Gasteiger partial charge in [-0.15, -0.1) is 0 Å². The van der Waals surface area contributed by atoms with Crippen molar-refractivity contribution in [3.8, 4) is 0 Å². The second-order valence-corrected chi connectivity index (χ2v) is 15.7. The first-order chi connectivity index (χ1) is 16.2. The van der Waals surface area contributed by atoms with E-state index in [1.54, 1.807) is 0 Å². The Bertz CT molecular complexity index is 1060. The van der Waals surface area contributed by atoms with E-state index in [0.717, 1.165) is 44.3 Å². The summed E-state index contributed by atoms with van der Waals surface area (Å²) in [5, 5.41) is 14.9. The molecule has 1 aromatic rings. The zero-order valence-electron chi connectivity index (χ0n) is 23.2. The van der Waals surface area contributed by atoms with Crippen LogP contribution in [-0.4, -0.2) is 22.7 Å². The Balaban J connectivity index is 1.45. The molecular formula is C31H47NO3. The molecule has 1 heterocycles. The van der Waals surface area contributed by atoms with Gasteiger partial charge in [-0.1, -0.05) is 53.6 Å². The van der Waals surface area contributed by atoms with Gasteiger partial charge >= 0.3 is 0 Å². The molecule has 35 heavy (non-hydrogen) atoms. The highest BCUT2D eigenvalue weighted by Gasteiger charge is 2.72. The molecule has 0 saturated heterocycles. The highest BCUT2D eigenvalue weighted by Crippen LogP contribution is 2.75. The summed E-state index contributed by atoms with van der Waals surface area (Å²) in [6.07, 6.45) is 11.5. The van der Waals surface area contributed by atoms with E-state index in [2.05, 4.69) is 53.6 Å². The number of aliphatic hydroxyl groups excluding tert-OH is 1. The van der Waals surface area contributed by atoms with Crippen molar-refractivity contribution in [3.63, 3.8) is 0 Å². The molecule has 1 aromatic heterocycles.